The number of aliphatic carboxylic acids is 1. The zero-order valence-corrected chi connectivity index (χ0v) is 15.1. The maximum absolute atomic E-state index is 12.1. The van der Waals surface area contributed by atoms with Crippen LogP contribution in [0.1, 0.15) is 96.8 Å². The molecule has 0 aliphatic heterocycles. The van der Waals surface area contributed by atoms with Crippen molar-refractivity contribution in [2.75, 3.05) is 7.11 Å². The maximum atomic E-state index is 12.1. The molecule has 0 radical (unpaired) electrons. The molecule has 136 valence electrons. The molecule has 0 amide bonds. The van der Waals surface area contributed by atoms with Gasteiger partial charge in [0.1, 0.15) is 6.10 Å². The summed E-state index contributed by atoms with van der Waals surface area (Å²) >= 11 is 0. The molecule has 1 unspecified atom stereocenters. The topological polar surface area (TPSA) is 63.6 Å². The summed E-state index contributed by atoms with van der Waals surface area (Å²) in [5.41, 5.74) is 0. The molecule has 0 heterocycles. The molecule has 23 heavy (non-hydrogen) atoms. The van der Waals surface area contributed by atoms with Crippen LogP contribution in [-0.2, 0) is 14.3 Å². The number of Topliss-reactive ketones (excluding diaryl/α,β-unsaturated/α-hetero) is 1. The van der Waals surface area contributed by atoms with Gasteiger partial charge in [-0.15, -0.1) is 0 Å². The molecule has 0 spiro atoms. The lowest BCUT2D eigenvalue weighted by atomic mass is 10.0. The van der Waals surface area contributed by atoms with Crippen molar-refractivity contribution in [3.05, 3.63) is 0 Å². The van der Waals surface area contributed by atoms with Gasteiger partial charge in [-0.25, -0.2) is 0 Å². The highest BCUT2D eigenvalue weighted by Gasteiger charge is 2.16. The van der Waals surface area contributed by atoms with Crippen LogP contribution in [-0.4, -0.2) is 30.1 Å². The van der Waals surface area contributed by atoms with Crippen LogP contribution < -0.4 is 0 Å². The van der Waals surface area contributed by atoms with Crippen molar-refractivity contribution in [1.29, 1.82) is 0 Å². The van der Waals surface area contributed by atoms with Gasteiger partial charge in [0.15, 0.2) is 5.78 Å². The lowest BCUT2D eigenvalue weighted by molar-refractivity contribution is -0.137. The predicted molar refractivity (Wildman–Crippen MR) is 93.8 cm³/mol. The smallest absolute Gasteiger partial charge is 0.303 e. The Morgan fingerprint density at radius 3 is 1.91 bits per heavy atom. The number of unbranched alkanes of at least 4 members (excludes halogenated alkanes) is 9. The number of rotatable bonds is 17. The predicted octanol–water partition coefficient (Wildman–Crippen LogP) is 5.14. The molecule has 4 nitrogen and oxygen atoms in total. The highest BCUT2D eigenvalue weighted by Crippen LogP contribution is 2.14. The molecule has 0 aliphatic carbocycles. The third-order valence-corrected chi connectivity index (χ3v) is 4.28. The minimum atomic E-state index is -0.724. The number of carbonyl (C=O) groups excluding carboxylic acids is 1. The minimum Gasteiger partial charge on any atom is -0.481 e. The molecule has 0 aliphatic rings. The summed E-state index contributed by atoms with van der Waals surface area (Å²) < 4.78 is 5.35. The third kappa shape index (κ3) is 14.4. The number of carboxylic acid groups (broad SMARTS) is 1. The van der Waals surface area contributed by atoms with Crippen LogP contribution in [0.2, 0.25) is 0 Å². The Bertz CT molecular complexity index is 302. The average molecular weight is 328 g/mol. The van der Waals surface area contributed by atoms with E-state index in [2.05, 4.69) is 6.92 Å². The number of hydrogen-bond donors (Lipinski definition) is 1. The van der Waals surface area contributed by atoms with Crippen LogP contribution in [0.4, 0.5) is 0 Å². The monoisotopic (exact) mass is 328 g/mol. The molecule has 1 atom stereocenters. The molecule has 0 rings (SSSR count). The first-order chi connectivity index (χ1) is 11.1. The van der Waals surface area contributed by atoms with E-state index in [0.29, 0.717) is 6.42 Å². The first-order valence-electron chi connectivity index (χ1n) is 9.39. The zero-order chi connectivity index (χ0) is 17.3. The fraction of sp³-hybridized carbons (Fsp3) is 0.895. The lowest BCUT2D eigenvalue weighted by Crippen LogP contribution is -2.22. The van der Waals surface area contributed by atoms with Gasteiger partial charge < -0.3 is 9.84 Å². The van der Waals surface area contributed by atoms with Gasteiger partial charge in [-0.3, -0.25) is 9.59 Å². The van der Waals surface area contributed by atoms with Crippen molar-refractivity contribution in [2.24, 2.45) is 0 Å². The number of hydrogen-bond acceptors (Lipinski definition) is 3. The molecule has 0 saturated heterocycles. The van der Waals surface area contributed by atoms with Gasteiger partial charge in [0, 0.05) is 20.0 Å². The van der Waals surface area contributed by atoms with Gasteiger partial charge in [0.2, 0.25) is 0 Å². The first kappa shape index (κ1) is 22.1. The van der Waals surface area contributed by atoms with E-state index in [1.54, 1.807) is 7.11 Å². The lowest BCUT2D eigenvalue weighted by Gasteiger charge is -2.14. The fourth-order valence-electron chi connectivity index (χ4n) is 2.79. The van der Waals surface area contributed by atoms with Crippen molar-refractivity contribution in [2.45, 2.75) is 103 Å². The van der Waals surface area contributed by atoms with Gasteiger partial charge >= 0.3 is 5.97 Å². The maximum Gasteiger partial charge on any atom is 0.303 e. The molecule has 0 aromatic carbocycles. The molecular weight excluding hydrogens is 292 g/mol. The summed E-state index contributed by atoms with van der Waals surface area (Å²) in [6, 6.07) is 0. The van der Waals surface area contributed by atoms with Gasteiger partial charge in [-0.1, -0.05) is 64.7 Å². The normalized spacial score (nSPS) is 12.3. The quantitative estimate of drug-likeness (QED) is 0.376. The Morgan fingerprint density at radius 1 is 0.826 bits per heavy atom. The largest absolute Gasteiger partial charge is 0.481 e. The van der Waals surface area contributed by atoms with E-state index in [-0.39, 0.29) is 18.3 Å². The highest BCUT2D eigenvalue weighted by molar-refractivity contribution is 5.82. The Labute approximate surface area is 142 Å². The molecule has 1 N–H and O–H groups in total. The van der Waals surface area contributed by atoms with Crippen LogP contribution in [0.3, 0.4) is 0 Å². The number of ether oxygens (including phenoxy) is 1. The van der Waals surface area contributed by atoms with Crippen LogP contribution in [0.25, 0.3) is 0 Å². The van der Waals surface area contributed by atoms with Gasteiger partial charge in [-0.2, -0.15) is 0 Å². The standard InChI is InChI=1S/C19H36O4/c1-3-4-5-6-9-12-15-18(23-2)17(20)14-11-8-7-10-13-16-19(21)22/h18H,3-16H2,1-2H3,(H,21,22). The van der Waals surface area contributed by atoms with Crippen LogP contribution in [0.5, 0.6) is 0 Å². The van der Waals surface area contributed by atoms with Crippen LogP contribution in [0, 0.1) is 0 Å². The molecular formula is C19H36O4. The van der Waals surface area contributed by atoms with E-state index in [0.717, 1.165) is 44.9 Å². The number of carbonyl (C=O) groups is 2. The van der Waals surface area contributed by atoms with Crippen LogP contribution in [0.15, 0.2) is 0 Å². The summed E-state index contributed by atoms with van der Waals surface area (Å²) in [6.07, 6.45) is 13.4. The molecule has 0 fully saturated rings. The molecule has 4 heteroatoms. The van der Waals surface area contributed by atoms with Gasteiger partial charge in [0.25, 0.3) is 0 Å². The summed E-state index contributed by atoms with van der Waals surface area (Å²) in [5.74, 6) is -0.496. The van der Waals surface area contributed by atoms with E-state index in [4.69, 9.17) is 9.84 Å². The van der Waals surface area contributed by atoms with E-state index in [1.165, 1.54) is 32.1 Å². The Morgan fingerprint density at radius 2 is 1.35 bits per heavy atom. The summed E-state index contributed by atoms with van der Waals surface area (Å²) in [4.78, 5) is 22.5. The number of ketones is 1. The average Bonchev–Trinajstić information content (AvgIpc) is 2.53. The second-order valence-electron chi connectivity index (χ2n) is 6.41. The second kappa shape index (κ2) is 16.0. The molecule has 0 aromatic rings. The summed E-state index contributed by atoms with van der Waals surface area (Å²) in [7, 11) is 1.63. The highest BCUT2D eigenvalue weighted by atomic mass is 16.5. The first-order valence-corrected chi connectivity index (χ1v) is 9.39. The summed E-state index contributed by atoms with van der Waals surface area (Å²) in [6.45, 7) is 2.21. The van der Waals surface area contributed by atoms with E-state index < -0.39 is 5.97 Å². The van der Waals surface area contributed by atoms with E-state index in [9.17, 15) is 9.59 Å². The molecule has 0 bridgehead atoms. The van der Waals surface area contributed by atoms with Crippen LogP contribution >= 0.6 is 0 Å². The van der Waals surface area contributed by atoms with Crippen molar-refractivity contribution < 1.29 is 19.4 Å². The third-order valence-electron chi connectivity index (χ3n) is 4.28. The van der Waals surface area contributed by atoms with Crippen molar-refractivity contribution in [3.8, 4) is 0 Å². The van der Waals surface area contributed by atoms with Crippen molar-refractivity contribution in [1.82, 2.24) is 0 Å². The second-order valence-corrected chi connectivity index (χ2v) is 6.41. The Balaban J connectivity index is 3.58. The SMILES string of the molecule is CCCCCCCCC(OC)C(=O)CCCCCCCC(=O)O. The van der Waals surface area contributed by atoms with E-state index in [1.807, 2.05) is 0 Å². The van der Waals surface area contributed by atoms with Gasteiger partial charge in [0.05, 0.1) is 0 Å². The van der Waals surface area contributed by atoms with Crippen molar-refractivity contribution >= 4 is 11.8 Å². The van der Waals surface area contributed by atoms with Gasteiger partial charge in [-0.05, 0) is 19.3 Å². The number of methoxy groups -OCH3 is 1. The zero-order valence-electron chi connectivity index (χ0n) is 15.1. The van der Waals surface area contributed by atoms with Crippen molar-refractivity contribution in [3.63, 3.8) is 0 Å². The molecule has 0 saturated carbocycles. The Hall–Kier alpha value is -0.900. The minimum absolute atomic E-state index is 0.228. The summed E-state index contributed by atoms with van der Waals surface area (Å²) in [5, 5.41) is 8.55. The molecule has 0 aromatic heterocycles. The van der Waals surface area contributed by atoms with E-state index >= 15 is 0 Å². The fourth-order valence-corrected chi connectivity index (χ4v) is 2.79. The number of carboxylic acids is 1. The Kier molecular flexibility index (Phi) is 15.4.